The van der Waals surface area contributed by atoms with E-state index in [0.29, 0.717) is 22.9 Å². The van der Waals surface area contributed by atoms with Gasteiger partial charge in [-0.15, -0.1) is 0 Å². The number of rotatable bonds is 6. The van der Waals surface area contributed by atoms with Crippen LogP contribution in [0.5, 0.6) is 23.0 Å². The van der Waals surface area contributed by atoms with E-state index < -0.39 is 0 Å². The summed E-state index contributed by atoms with van der Waals surface area (Å²) in [5.74, 6) is 2.42. The first-order chi connectivity index (χ1) is 12.2. The van der Waals surface area contributed by atoms with Crippen molar-refractivity contribution in [3.63, 3.8) is 0 Å². The summed E-state index contributed by atoms with van der Waals surface area (Å²) in [5.41, 5.74) is 3.12. The van der Waals surface area contributed by atoms with Gasteiger partial charge < -0.3 is 20.4 Å². The third-order valence-electron chi connectivity index (χ3n) is 3.85. The number of H-pyrrole nitrogens is 1. The topological polar surface area (TPSA) is 78.5 Å². The largest absolute Gasteiger partial charge is 1.00 e. The minimum Gasteiger partial charge on any atom is -1.00 e. The van der Waals surface area contributed by atoms with E-state index in [4.69, 9.17) is 18.9 Å². The minimum atomic E-state index is 0. The van der Waals surface area contributed by atoms with Gasteiger partial charge in [-0.3, -0.25) is 0 Å². The SMILES string of the molecule is COc1ccc(-c2n[nH]nc2-c2cc(OC)c(OC)c(OC)c2)cc1.[H-].[Na+]. The summed E-state index contributed by atoms with van der Waals surface area (Å²) in [6, 6.07) is 11.3. The van der Waals surface area contributed by atoms with Crippen LogP contribution < -0.4 is 48.5 Å². The normalized spacial score (nSPS) is 10.0. The van der Waals surface area contributed by atoms with Crippen LogP contribution in [0, 0.1) is 0 Å². The molecule has 2 aromatic carbocycles. The van der Waals surface area contributed by atoms with Crippen molar-refractivity contribution >= 4 is 0 Å². The van der Waals surface area contributed by atoms with Crippen molar-refractivity contribution in [2.24, 2.45) is 0 Å². The van der Waals surface area contributed by atoms with Gasteiger partial charge in [0.1, 0.15) is 17.1 Å². The molecule has 0 saturated heterocycles. The Balaban J connectivity index is 0.00000182. The van der Waals surface area contributed by atoms with Gasteiger partial charge in [0, 0.05) is 11.1 Å². The molecule has 1 heterocycles. The molecule has 3 aromatic rings. The Morgan fingerprint density at radius 2 is 1.27 bits per heavy atom. The Morgan fingerprint density at radius 1 is 0.731 bits per heavy atom. The maximum Gasteiger partial charge on any atom is 1.00 e. The predicted molar refractivity (Wildman–Crippen MR) is 94.6 cm³/mol. The van der Waals surface area contributed by atoms with Crippen LogP contribution in [0.3, 0.4) is 0 Å². The van der Waals surface area contributed by atoms with Crippen LogP contribution in [0.15, 0.2) is 36.4 Å². The maximum absolute atomic E-state index is 5.41. The number of benzene rings is 2. The number of hydrogen-bond donors (Lipinski definition) is 1. The molecule has 0 bridgehead atoms. The van der Waals surface area contributed by atoms with Crippen LogP contribution in [0.4, 0.5) is 0 Å². The van der Waals surface area contributed by atoms with Crippen LogP contribution in [0.1, 0.15) is 1.43 Å². The van der Waals surface area contributed by atoms with Crippen LogP contribution in [-0.4, -0.2) is 43.8 Å². The molecule has 0 unspecified atom stereocenters. The molecule has 8 heteroatoms. The second-order valence-electron chi connectivity index (χ2n) is 5.16. The van der Waals surface area contributed by atoms with Gasteiger partial charge in [0.2, 0.25) is 5.75 Å². The summed E-state index contributed by atoms with van der Waals surface area (Å²) >= 11 is 0. The van der Waals surface area contributed by atoms with Crippen LogP contribution >= 0.6 is 0 Å². The fourth-order valence-electron chi connectivity index (χ4n) is 2.60. The van der Waals surface area contributed by atoms with Crippen molar-refractivity contribution in [2.75, 3.05) is 28.4 Å². The second-order valence-corrected chi connectivity index (χ2v) is 5.16. The third kappa shape index (κ3) is 3.80. The van der Waals surface area contributed by atoms with Crippen molar-refractivity contribution in [3.8, 4) is 45.5 Å². The molecule has 0 radical (unpaired) electrons. The van der Waals surface area contributed by atoms with E-state index in [9.17, 15) is 0 Å². The fourth-order valence-corrected chi connectivity index (χ4v) is 2.60. The Labute approximate surface area is 175 Å². The van der Waals surface area contributed by atoms with Crippen molar-refractivity contribution in [2.45, 2.75) is 0 Å². The molecule has 0 spiro atoms. The summed E-state index contributed by atoms with van der Waals surface area (Å²) < 4.78 is 21.4. The van der Waals surface area contributed by atoms with E-state index >= 15 is 0 Å². The summed E-state index contributed by atoms with van der Waals surface area (Å²) in [6.45, 7) is 0. The molecular weight excluding hydrogens is 345 g/mol. The first kappa shape index (κ1) is 20.1. The summed E-state index contributed by atoms with van der Waals surface area (Å²) in [6.07, 6.45) is 0. The molecule has 3 rings (SSSR count). The summed E-state index contributed by atoms with van der Waals surface area (Å²) in [7, 11) is 6.36. The molecule has 0 atom stereocenters. The van der Waals surface area contributed by atoms with Gasteiger partial charge in [0.25, 0.3) is 0 Å². The van der Waals surface area contributed by atoms with Gasteiger partial charge in [0.05, 0.1) is 28.4 Å². The molecule has 0 amide bonds. The number of aromatic amines is 1. The zero-order valence-electron chi connectivity index (χ0n) is 16.5. The second kappa shape index (κ2) is 8.93. The number of nitrogens with one attached hydrogen (secondary N) is 1. The molecule has 0 saturated carbocycles. The van der Waals surface area contributed by atoms with Crippen molar-refractivity contribution in [1.29, 1.82) is 0 Å². The van der Waals surface area contributed by atoms with Crippen molar-refractivity contribution < 1.29 is 49.9 Å². The van der Waals surface area contributed by atoms with Gasteiger partial charge in [-0.05, 0) is 36.4 Å². The molecule has 0 aliphatic carbocycles. The molecule has 0 aliphatic heterocycles. The Bertz CT molecular complexity index is 846. The number of aromatic nitrogens is 3. The standard InChI is InChI=1S/C18H19N3O4.Na.H/c1-22-13-7-5-11(6-8-13)16-17(20-21-19-16)12-9-14(23-2)18(25-4)15(10-12)24-3;;/h5-10H,1-4H3,(H,19,20,21);;/q;+1;-1. The van der Waals surface area contributed by atoms with E-state index in [2.05, 4.69) is 15.4 Å². The molecular formula is C18H20N3NaO4. The molecule has 7 nitrogen and oxygen atoms in total. The number of ether oxygens (including phenoxy) is 4. The smallest absolute Gasteiger partial charge is 1.00 e. The maximum atomic E-state index is 5.41. The number of hydrogen-bond acceptors (Lipinski definition) is 6. The monoisotopic (exact) mass is 365 g/mol. The first-order valence-corrected chi connectivity index (χ1v) is 7.57. The van der Waals surface area contributed by atoms with E-state index in [1.54, 1.807) is 28.4 Å². The van der Waals surface area contributed by atoms with E-state index in [0.717, 1.165) is 22.6 Å². The average molecular weight is 365 g/mol. The third-order valence-corrected chi connectivity index (χ3v) is 3.85. The summed E-state index contributed by atoms with van der Waals surface area (Å²) in [4.78, 5) is 0. The Kier molecular flexibility index (Phi) is 6.90. The van der Waals surface area contributed by atoms with Crippen molar-refractivity contribution in [1.82, 2.24) is 15.4 Å². The minimum absolute atomic E-state index is 0. The van der Waals surface area contributed by atoms with Gasteiger partial charge in [-0.2, -0.15) is 15.4 Å². The van der Waals surface area contributed by atoms with E-state index in [1.807, 2.05) is 36.4 Å². The molecule has 1 aromatic heterocycles. The molecule has 0 fully saturated rings. The molecule has 1 N–H and O–H groups in total. The van der Waals surface area contributed by atoms with Crippen molar-refractivity contribution in [3.05, 3.63) is 36.4 Å². The van der Waals surface area contributed by atoms with E-state index in [-0.39, 0.29) is 31.0 Å². The van der Waals surface area contributed by atoms with Crippen LogP contribution in [-0.2, 0) is 0 Å². The quantitative estimate of drug-likeness (QED) is 0.633. The van der Waals surface area contributed by atoms with E-state index in [1.165, 1.54) is 0 Å². The molecule has 132 valence electrons. The predicted octanol–water partition coefficient (Wildman–Crippen LogP) is 0.290. The Hall–Kier alpha value is -2.22. The zero-order chi connectivity index (χ0) is 17.8. The average Bonchev–Trinajstić information content (AvgIpc) is 3.16. The number of methoxy groups -OCH3 is 4. The fraction of sp³-hybridized carbons (Fsp3) is 0.222. The first-order valence-electron chi connectivity index (χ1n) is 7.57. The van der Waals surface area contributed by atoms with Gasteiger partial charge in [-0.1, -0.05) is 0 Å². The van der Waals surface area contributed by atoms with Gasteiger partial charge >= 0.3 is 29.6 Å². The van der Waals surface area contributed by atoms with Gasteiger partial charge in [0.15, 0.2) is 11.5 Å². The zero-order valence-corrected chi connectivity index (χ0v) is 17.5. The van der Waals surface area contributed by atoms with Crippen LogP contribution in [0.25, 0.3) is 22.5 Å². The number of nitrogens with zero attached hydrogens (tertiary/aromatic N) is 2. The van der Waals surface area contributed by atoms with Crippen LogP contribution in [0.2, 0.25) is 0 Å². The molecule has 0 aliphatic rings. The Morgan fingerprint density at radius 3 is 1.73 bits per heavy atom. The van der Waals surface area contributed by atoms with Gasteiger partial charge in [-0.25, -0.2) is 0 Å². The molecule has 26 heavy (non-hydrogen) atoms. The summed E-state index contributed by atoms with van der Waals surface area (Å²) in [5, 5.41) is 11.3.